The van der Waals surface area contributed by atoms with E-state index in [0.717, 1.165) is 0 Å². The van der Waals surface area contributed by atoms with Crippen molar-refractivity contribution in [2.24, 2.45) is 11.1 Å². The van der Waals surface area contributed by atoms with Crippen molar-refractivity contribution in [3.05, 3.63) is 6.61 Å². The van der Waals surface area contributed by atoms with Gasteiger partial charge < -0.3 is 4.84 Å². The Labute approximate surface area is 41.2 Å². The van der Waals surface area contributed by atoms with Gasteiger partial charge in [-0.25, -0.2) is 0 Å². The van der Waals surface area contributed by atoms with Gasteiger partial charge in [0, 0.05) is 0 Å². The maximum Gasteiger partial charge on any atom is 0.254 e. The fourth-order valence-corrected chi connectivity index (χ4v) is 0.269. The number of hydrogen-bond acceptors (Lipinski definition) is 3. The molecule has 7 heavy (non-hydrogen) atoms. The minimum absolute atomic E-state index is 0.361. The molecule has 1 heterocycles. The minimum atomic E-state index is -0.361. The van der Waals surface area contributed by atoms with Crippen molar-refractivity contribution in [2.75, 3.05) is 0 Å². The SMILES string of the molecule is N#CC1[C]ON=C1. The number of oxime groups is 1. The van der Waals surface area contributed by atoms with Gasteiger partial charge >= 0.3 is 0 Å². The summed E-state index contributed by atoms with van der Waals surface area (Å²) in [6, 6.07) is 1.88. The van der Waals surface area contributed by atoms with Crippen molar-refractivity contribution >= 4 is 6.21 Å². The summed E-state index contributed by atoms with van der Waals surface area (Å²) in [7, 11) is 0. The molecule has 0 aromatic rings. The van der Waals surface area contributed by atoms with Crippen molar-refractivity contribution < 1.29 is 4.84 Å². The third-order valence-corrected chi connectivity index (χ3v) is 0.581. The Morgan fingerprint density at radius 1 is 2.00 bits per heavy atom. The normalized spacial score (nSPS) is 26.4. The van der Waals surface area contributed by atoms with Crippen LogP contribution in [0.15, 0.2) is 5.16 Å². The molecule has 3 heteroatoms. The molecule has 0 aromatic heterocycles. The molecule has 0 saturated heterocycles. The summed E-state index contributed by atoms with van der Waals surface area (Å²) >= 11 is 0. The molecule has 1 atom stereocenters. The molecular formula is C4H2N2O. The zero-order valence-electron chi connectivity index (χ0n) is 3.46. The number of nitriles is 1. The van der Waals surface area contributed by atoms with Gasteiger partial charge in [-0.2, -0.15) is 5.26 Å². The fraction of sp³-hybridized carbons (Fsp3) is 0.250. The molecule has 1 aliphatic rings. The van der Waals surface area contributed by atoms with E-state index in [0.29, 0.717) is 0 Å². The lowest BCUT2D eigenvalue weighted by atomic mass is 10.2. The zero-order valence-corrected chi connectivity index (χ0v) is 3.46. The molecule has 1 rings (SSSR count). The van der Waals surface area contributed by atoms with Gasteiger partial charge in [0.05, 0.1) is 12.3 Å². The van der Waals surface area contributed by atoms with E-state index in [2.05, 4.69) is 16.6 Å². The Morgan fingerprint density at radius 3 is 3.14 bits per heavy atom. The van der Waals surface area contributed by atoms with Crippen LogP contribution in [-0.2, 0) is 4.84 Å². The van der Waals surface area contributed by atoms with E-state index < -0.39 is 0 Å². The van der Waals surface area contributed by atoms with Crippen molar-refractivity contribution in [2.45, 2.75) is 0 Å². The van der Waals surface area contributed by atoms with Gasteiger partial charge in [0.25, 0.3) is 6.61 Å². The van der Waals surface area contributed by atoms with Crippen molar-refractivity contribution in [1.29, 1.82) is 5.26 Å². The first-order chi connectivity index (χ1) is 3.43. The average Bonchev–Trinajstić information content (AvgIpc) is 2.14. The van der Waals surface area contributed by atoms with Crippen molar-refractivity contribution in [3.63, 3.8) is 0 Å². The van der Waals surface area contributed by atoms with E-state index in [1.165, 1.54) is 6.21 Å². The lowest BCUT2D eigenvalue weighted by molar-refractivity contribution is 0.227. The highest BCUT2D eigenvalue weighted by Gasteiger charge is 2.11. The van der Waals surface area contributed by atoms with Crippen LogP contribution in [0.2, 0.25) is 0 Å². The van der Waals surface area contributed by atoms with E-state index in [9.17, 15) is 0 Å². The molecule has 0 aromatic carbocycles. The molecule has 0 saturated carbocycles. The predicted octanol–water partition coefficient (Wildman–Crippen LogP) is 0.181. The van der Waals surface area contributed by atoms with Crippen LogP contribution in [0.4, 0.5) is 0 Å². The molecule has 3 nitrogen and oxygen atoms in total. The quantitative estimate of drug-likeness (QED) is 0.429. The standard InChI is InChI=1S/C4H2N2O/c5-1-4-2-6-7-3-4/h2,4H. The summed E-state index contributed by atoms with van der Waals surface area (Å²) in [6.07, 6.45) is 1.39. The Kier molecular flexibility index (Phi) is 0.947. The maximum atomic E-state index is 8.08. The molecule has 2 radical (unpaired) electrons. The van der Waals surface area contributed by atoms with Crippen molar-refractivity contribution in [3.8, 4) is 6.07 Å². The summed E-state index contributed by atoms with van der Waals surface area (Å²) in [6.45, 7) is 2.32. The molecule has 0 fully saturated rings. The van der Waals surface area contributed by atoms with Crippen LogP contribution >= 0.6 is 0 Å². The van der Waals surface area contributed by atoms with E-state index in [-0.39, 0.29) is 5.92 Å². The van der Waals surface area contributed by atoms with Gasteiger partial charge in [0.1, 0.15) is 5.92 Å². The largest absolute Gasteiger partial charge is 0.378 e. The van der Waals surface area contributed by atoms with E-state index in [1.54, 1.807) is 0 Å². The highest BCUT2D eigenvalue weighted by Crippen LogP contribution is 2.04. The Morgan fingerprint density at radius 2 is 2.86 bits per heavy atom. The molecule has 34 valence electrons. The zero-order chi connectivity index (χ0) is 5.11. The van der Waals surface area contributed by atoms with E-state index in [1.807, 2.05) is 6.07 Å². The maximum absolute atomic E-state index is 8.08. The van der Waals surface area contributed by atoms with Crippen LogP contribution in [-0.4, -0.2) is 6.21 Å². The molecule has 1 unspecified atom stereocenters. The second-order valence-corrected chi connectivity index (χ2v) is 1.07. The number of nitrogens with zero attached hydrogens (tertiary/aromatic N) is 2. The monoisotopic (exact) mass is 94.0 g/mol. The van der Waals surface area contributed by atoms with Crippen LogP contribution in [0, 0.1) is 23.9 Å². The lowest BCUT2D eigenvalue weighted by Crippen LogP contribution is -1.90. The van der Waals surface area contributed by atoms with E-state index >= 15 is 0 Å². The topological polar surface area (TPSA) is 45.4 Å². The predicted molar refractivity (Wildman–Crippen MR) is 21.9 cm³/mol. The average molecular weight is 94.1 g/mol. The first-order valence-electron chi connectivity index (χ1n) is 1.78. The summed E-state index contributed by atoms with van der Waals surface area (Å²) in [4.78, 5) is 4.24. The lowest BCUT2D eigenvalue weighted by Gasteiger charge is -1.80. The summed E-state index contributed by atoms with van der Waals surface area (Å²) in [5.41, 5.74) is 0. The highest BCUT2D eigenvalue weighted by atomic mass is 16.6. The second-order valence-electron chi connectivity index (χ2n) is 1.07. The van der Waals surface area contributed by atoms with Crippen LogP contribution in [0.1, 0.15) is 0 Å². The van der Waals surface area contributed by atoms with Gasteiger partial charge in [-0.15, -0.1) is 0 Å². The molecule has 0 N–H and O–H groups in total. The fourth-order valence-electron chi connectivity index (χ4n) is 0.269. The summed E-state index contributed by atoms with van der Waals surface area (Å²) < 4.78 is 0. The van der Waals surface area contributed by atoms with Gasteiger partial charge in [-0.05, 0) is 0 Å². The van der Waals surface area contributed by atoms with Gasteiger partial charge in [-0.3, -0.25) is 0 Å². The summed E-state index contributed by atoms with van der Waals surface area (Å²) in [5.74, 6) is -0.361. The van der Waals surface area contributed by atoms with Crippen LogP contribution in [0.5, 0.6) is 0 Å². The number of hydrogen-bond donors (Lipinski definition) is 0. The molecule has 0 spiro atoms. The Bertz CT molecular complexity index is 124. The molecule has 0 aliphatic carbocycles. The van der Waals surface area contributed by atoms with Gasteiger partial charge in [0.15, 0.2) is 0 Å². The third kappa shape index (κ3) is 0.686. The first-order valence-corrected chi connectivity index (χ1v) is 1.78. The van der Waals surface area contributed by atoms with Crippen LogP contribution in [0.3, 0.4) is 0 Å². The molecule has 1 aliphatic heterocycles. The Balaban J connectivity index is 2.47. The molecular weight excluding hydrogens is 92.1 g/mol. The third-order valence-electron chi connectivity index (χ3n) is 0.581. The minimum Gasteiger partial charge on any atom is -0.378 e. The van der Waals surface area contributed by atoms with Crippen LogP contribution in [0.25, 0.3) is 0 Å². The van der Waals surface area contributed by atoms with Crippen LogP contribution < -0.4 is 0 Å². The van der Waals surface area contributed by atoms with Crippen molar-refractivity contribution in [1.82, 2.24) is 0 Å². The van der Waals surface area contributed by atoms with Gasteiger partial charge in [0.2, 0.25) is 0 Å². The molecule has 0 amide bonds. The summed E-state index contributed by atoms with van der Waals surface area (Å²) in [5, 5.41) is 11.4. The highest BCUT2D eigenvalue weighted by molar-refractivity contribution is 5.66. The smallest absolute Gasteiger partial charge is 0.254 e. The second kappa shape index (κ2) is 1.61. The number of rotatable bonds is 0. The molecule has 0 bridgehead atoms. The Hall–Kier alpha value is -1.04. The van der Waals surface area contributed by atoms with E-state index in [4.69, 9.17) is 5.26 Å². The first kappa shape index (κ1) is 4.13. The van der Waals surface area contributed by atoms with Gasteiger partial charge in [-0.1, -0.05) is 5.16 Å².